The van der Waals surface area contributed by atoms with Crippen LogP contribution >= 0.6 is 0 Å². The number of hydrogen-bond acceptors (Lipinski definition) is 3. The van der Waals surface area contributed by atoms with Crippen molar-refractivity contribution in [1.29, 1.82) is 0 Å². The Bertz CT molecular complexity index is 606. The number of nitrogens with one attached hydrogen (secondary N) is 1. The van der Waals surface area contributed by atoms with E-state index >= 15 is 0 Å². The quantitative estimate of drug-likeness (QED) is 0.829. The van der Waals surface area contributed by atoms with Crippen molar-refractivity contribution in [2.45, 2.75) is 26.2 Å². The smallest absolute Gasteiger partial charge is 0.299 e. The first-order valence-electron chi connectivity index (χ1n) is 8.01. The van der Waals surface area contributed by atoms with Crippen LogP contribution < -0.4 is 14.5 Å². The number of hydrogen-bond donors (Lipinski definition) is 1. The topological polar surface area (TPSA) is 51.1 Å². The molecule has 2 aliphatic rings. The van der Waals surface area contributed by atoms with E-state index in [1.165, 1.54) is 24.2 Å². The van der Waals surface area contributed by atoms with Gasteiger partial charge >= 0.3 is 0 Å². The number of quaternary nitrogens is 1. The Kier molecular flexibility index (Phi) is 4.16. The van der Waals surface area contributed by atoms with E-state index in [1.807, 2.05) is 19.1 Å². The second-order valence-electron chi connectivity index (χ2n) is 6.15. The zero-order valence-electron chi connectivity index (χ0n) is 13.3. The Hall–Kier alpha value is -1.88. The van der Waals surface area contributed by atoms with Crippen LogP contribution in [0, 0.1) is 6.92 Å². The predicted molar refractivity (Wildman–Crippen MR) is 83.8 cm³/mol. The van der Waals surface area contributed by atoms with Crippen molar-refractivity contribution in [3.63, 3.8) is 0 Å². The molecule has 1 aromatic carbocycles. The summed E-state index contributed by atoms with van der Waals surface area (Å²) < 4.78 is 5.38. The molecule has 2 aliphatic heterocycles. The van der Waals surface area contributed by atoms with Crippen LogP contribution in [0.5, 0.6) is 5.75 Å². The highest BCUT2D eigenvalue weighted by Gasteiger charge is 2.39. The van der Waals surface area contributed by atoms with Crippen LogP contribution in [0.3, 0.4) is 0 Å². The first kappa shape index (κ1) is 15.0. The highest BCUT2D eigenvalue weighted by Crippen LogP contribution is 2.39. The first-order valence-corrected chi connectivity index (χ1v) is 8.01. The molecule has 0 aromatic heterocycles. The number of benzene rings is 1. The maximum absolute atomic E-state index is 12.4. The molecule has 22 heavy (non-hydrogen) atoms. The Balaban J connectivity index is 1.85. The minimum atomic E-state index is -0.418. The van der Waals surface area contributed by atoms with Gasteiger partial charge in [0.2, 0.25) is 0 Å². The maximum atomic E-state index is 12.4. The molecule has 0 bridgehead atoms. The maximum Gasteiger partial charge on any atom is 0.299 e. The molecule has 5 heteroatoms. The number of ether oxygens (including phenoxy) is 1. The van der Waals surface area contributed by atoms with Gasteiger partial charge in [-0.1, -0.05) is 6.07 Å². The van der Waals surface area contributed by atoms with Gasteiger partial charge in [0.05, 0.1) is 44.5 Å². The van der Waals surface area contributed by atoms with Gasteiger partial charge in [-0.25, -0.2) is 0 Å². The summed E-state index contributed by atoms with van der Waals surface area (Å²) in [5.74, 6) is -0.215. The molecule has 1 amide bonds. The summed E-state index contributed by atoms with van der Waals surface area (Å²) in [7, 11) is 1.58. The van der Waals surface area contributed by atoms with E-state index in [9.17, 15) is 9.59 Å². The Morgan fingerprint density at radius 3 is 2.59 bits per heavy atom. The molecule has 0 unspecified atom stereocenters. The molecule has 0 spiro atoms. The van der Waals surface area contributed by atoms with Gasteiger partial charge in [0.15, 0.2) is 0 Å². The van der Waals surface area contributed by atoms with Crippen molar-refractivity contribution in [3.05, 3.63) is 23.3 Å². The van der Waals surface area contributed by atoms with E-state index in [0.717, 1.165) is 25.2 Å². The number of anilines is 1. The van der Waals surface area contributed by atoms with Gasteiger partial charge < -0.3 is 9.64 Å². The lowest BCUT2D eigenvalue weighted by molar-refractivity contribution is -0.903. The zero-order chi connectivity index (χ0) is 15.7. The summed E-state index contributed by atoms with van der Waals surface area (Å²) in [6, 6.07) is 3.67. The molecule has 1 N–H and O–H groups in total. The Morgan fingerprint density at radius 1 is 1.18 bits per heavy atom. The lowest BCUT2D eigenvalue weighted by Gasteiger charge is -2.26. The van der Waals surface area contributed by atoms with Gasteiger partial charge in [-0.15, -0.1) is 0 Å². The first-order chi connectivity index (χ1) is 10.6. The molecule has 0 atom stereocenters. The molecule has 0 radical (unpaired) electrons. The number of methoxy groups -OCH3 is 1. The van der Waals surface area contributed by atoms with Gasteiger partial charge in [0, 0.05) is 0 Å². The number of carbonyl (C=O) groups is 2. The molecule has 2 heterocycles. The molecular formula is C17H23N2O3+. The number of amides is 1. The molecule has 1 aromatic rings. The molecule has 1 saturated heterocycles. The molecule has 0 saturated carbocycles. The van der Waals surface area contributed by atoms with Crippen molar-refractivity contribution < 1.29 is 19.2 Å². The fourth-order valence-electron chi connectivity index (χ4n) is 3.51. The number of aryl methyl sites for hydroxylation is 1. The second kappa shape index (κ2) is 6.08. The van der Waals surface area contributed by atoms with Crippen LogP contribution in [0.15, 0.2) is 12.1 Å². The van der Waals surface area contributed by atoms with Crippen LogP contribution in [0.4, 0.5) is 5.69 Å². The average molecular weight is 303 g/mol. The van der Waals surface area contributed by atoms with E-state index in [-0.39, 0.29) is 0 Å². The summed E-state index contributed by atoms with van der Waals surface area (Å²) >= 11 is 0. The summed E-state index contributed by atoms with van der Waals surface area (Å²) in [6.45, 7) is 5.65. The molecular weight excluding hydrogens is 280 g/mol. The summed E-state index contributed by atoms with van der Waals surface area (Å²) in [5, 5.41) is 0. The van der Waals surface area contributed by atoms with Gasteiger partial charge in [-0.2, -0.15) is 0 Å². The predicted octanol–water partition coefficient (Wildman–Crippen LogP) is 0.602. The van der Waals surface area contributed by atoms with E-state index in [0.29, 0.717) is 23.5 Å². The number of likely N-dealkylation sites (tertiary alicyclic amines) is 1. The van der Waals surface area contributed by atoms with Crippen LogP contribution in [0.25, 0.3) is 0 Å². The molecule has 118 valence electrons. The van der Waals surface area contributed by atoms with Crippen LogP contribution in [-0.2, 0) is 4.79 Å². The van der Waals surface area contributed by atoms with Crippen LogP contribution in [0.1, 0.15) is 35.2 Å². The van der Waals surface area contributed by atoms with Crippen molar-refractivity contribution in [1.82, 2.24) is 0 Å². The highest BCUT2D eigenvalue weighted by atomic mass is 16.5. The SMILES string of the molecule is COc1ccc(C)c2c1N(CC[NH+]1CCCCC1)C(=O)C2=O. The zero-order valence-corrected chi connectivity index (χ0v) is 13.3. The Labute approximate surface area is 130 Å². The molecule has 5 nitrogen and oxygen atoms in total. The fourth-order valence-corrected chi connectivity index (χ4v) is 3.51. The monoisotopic (exact) mass is 303 g/mol. The van der Waals surface area contributed by atoms with E-state index in [4.69, 9.17) is 4.74 Å². The summed E-state index contributed by atoms with van der Waals surface area (Å²) in [4.78, 5) is 27.8. The molecule has 0 aliphatic carbocycles. The second-order valence-corrected chi connectivity index (χ2v) is 6.15. The van der Waals surface area contributed by atoms with Crippen LogP contribution in [-0.4, -0.2) is 45.0 Å². The normalized spacial score (nSPS) is 18.7. The van der Waals surface area contributed by atoms with Crippen molar-refractivity contribution >= 4 is 17.4 Å². The number of piperidine rings is 1. The lowest BCUT2D eigenvalue weighted by Crippen LogP contribution is -3.13. The van der Waals surface area contributed by atoms with Crippen molar-refractivity contribution in [3.8, 4) is 5.75 Å². The van der Waals surface area contributed by atoms with Crippen molar-refractivity contribution in [2.75, 3.05) is 38.2 Å². The fraction of sp³-hybridized carbons (Fsp3) is 0.529. The van der Waals surface area contributed by atoms with Crippen molar-refractivity contribution in [2.24, 2.45) is 0 Å². The number of nitrogens with zero attached hydrogens (tertiary/aromatic N) is 1. The Morgan fingerprint density at radius 2 is 1.91 bits per heavy atom. The third-order valence-electron chi connectivity index (χ3n) is 4.76. The minimum absolute atomic E-state index is 0.403. The van der Waals surface area contributed by atoms with Gasteiger partial charge in [0.25, 0.3) is 11.7 Å². The summed E-state index contributed by atoms with van der Waals surface area (Å²) in [6.07, 6.45) is 3.81. The van der Waals surface area contributed by atoms with Gasteiger partial charge in [-0.05, 0) is 37.8 Å². The number of carbonyl (C=O) groups excluding carboxylic acids is 2. The lowest BCUT2D eigenvalue weighted by atomic mass is 10.0. The number of rotatable bonds is 4. The largest absolute Gasteiger partial charge is 0.495 e. The van der Waals surface area contributed by atoms with E-state index in [2.05, 4.69) is 0 Å². The average Bonchev–Trinajstić information content (AvgIpc) is 2.80. The van der Waals surface area contributed by atoms with Gasteiger partial charge in [0.1, 0.15) is 5.75 Å². The summed E-state index contributed by atoms with van der Waals surface area (Å²) in [5.41, 5.74) is 2.01. The third-order valence-corrected chi connectivity index (χ3v) is 4.76. The van der Waals surface area contributed by atoms with Crippen LogP contribution in [0.2, 0.25) is 0 Å². The molecule has 3 rings (SSSR count). The molecule has 1 fully saturated rings. The number of Topliss-reactive ketones (excluding diaryl/α,β-unsaturated/α-hetero) is 1. The number of ketones is 1. The number of fused-ring (bicyclic) bond motifs is 1. The van der Waals surface area contributed by atoms with E-state index in [1.54, 1.807) is 12.0 Å². The highest BCUT2D eigenvalue weighted by molar-refractivity contribution is 6.53. The van der Waals surface area contributed by atoms with Gasteiger partial charge in [-0.3, -0.25) is 14.5 Å². The standard InChI is InChI=1S/C17H22N2O3/c1-12-6-7-13(22-2)15-14(12)16(20)17(21)19(15)11-10-18-8-4-3-5-9-18/h6-7H,3-5,8-11H2,1-2H3/p+1. The van der Waals surface area contributed by atoms with E-state index < -0.39 is 11.7 Å². The minimum Gasteiger partial charge on any atom is -0.495 e. The third kappa shape index (κ3) is 2.50.